The van der Waals surface area contributed by atoms with Gasteiger partial charge < -0.3 is 24.6 Å². The first-order chi connectivity index (χ1) is 18.6. The third kappa shape index (κ3) is 5.82. The first kappa shape index (κ1) is 27.5. The van der Waals surface area contributed by atoms with Gasteiger partial charge >= 0.3 is 0 Å². The Labute approximate surface area is 226 Å². The fourth-order valence-electron chi connectivity index (χ4n) is 4.19. The number of methoxy groups -OCH3 is 2. The standard InChI is InChI=1S/C26H33N9O4/c1-16(2)34-22-12-17(15-28-24(22)31-26(34)39-7)18-8-9-27-25(29-18)30-19-13-21(35(36)37)20(14-23(19)38-6)33(5)11-10-32(3)4/h8-9,12-16H,10-11H2,1-7H3,(H,27,29,30). The molecule has 0 saturated heterocycles. The lowest BCUT2D eigenvalue weighted by molar-refractivity contribution is -0.384. The van der Waals surface area contributed by atoms with Crippen LogP contribution in [0.25, 0.3) is 22.4 Å². The summed E-state index contributed by atoms with van der Waals surface area (Å²) in [5.41, 5.74) is 3.54. The highest BCUT2D eigenvalue weighted by Gasteiger charge is 2.23. The van der Waals surface area contributed by atoms with Gasteiger partial charge in [-0.25, -0.2) is 15.0 Å². The summed E-state index contributed by atoms with van der Waals surface area (Å²) in [5, 5.41) is 15.0. The number of benzene rings is 1. The van der Waals surface area contributed by atoms with E-state index in [1.54, 1.807) is 31.6 Å². The minimum absolute atomic E-state index is 0.0544. The van der Waals surface area contributed by atoms with E-state index < -0.39 is 4.92 Å². The van der Waals surface area contributed by atoms with Crippen LogP contribution in [0.15, 0.2) is 36.7 Å². The Bertz CT molecular complexity index is 1490. The molecule has 0 amide bonds. The quantitative estimate of drug-likeness (QED) is 0.219. The Morgan fingerprint density at radius 2 is 1.85 bits per heavy atom. The highest BCUT2D eigenvalue weighted by molar-refractivity contribution is 5.80. The predicted octanol–water partition coefficient (Wildman–Crippen LogP) is 4.14. The van der Waals surface area contributed by atoms with E-state index in [9.17, 15) is 10.1 Å². The summed E-state index contributed by atoms with van der Waals surface area (Å²) in [6.07, 6.45) is 3.30. The predicted molar refractivity (Wildman–Crippen MR) is 150 cm³/mol. The number of aromatic nitrogens is 5. The number of hydrogen-bond donors (Lipinski definition) is 1. The Morgan fingerprint density at radius 1 is 1.08 bits per heavy atom. The molecule has 0 radical (unpaired) electrons. The van der Waals surface area contributed by atoms with E-state index in [-0.39, 0.29) is 17.7 Å². The van der Waals surface area contributed by atoms with Gasteiger partial charge in [-0.3, -0.25) is 14.7 Å². The number of nitrogens with zero attached hydrogens (tertiary/aromatic N) is 8. The van der Waals surface area contributed by atoms with Gasteiger partial charge in [0, 0.05) is 56.3 Å². The summed E-state index contributed by atoms with van der Waals surface area (Å²) in [6, 6.07) is 7.41. The van der Waals surface area contributed by atoms with Crippen molar-refractivity contribution in [3.05, 3.63) is 46.8 Å². The van der Waals surface area contributed by atoms with Gasteiger partial charge in [-0.1, -0.05) is 0 Å². The Hall–Kier alpha value is -4.52. The van der Waals surface area contributed by atoms with Crippen LogP contribution in [0.1, 0.15) is 19.9 Å². The molecule has 3 aromatic heterocycles. The summed E-state index contributed by atoms with van der Waals surface area (Å²) in [7, 11) is 8.81. The van der Waals surface area contributed by atoms with Gasteiger partial charge in [0.2, 0.25) is 5.95 Å². The van der Waals surface area contributed by atoms with Crippen LogP contribution >= 0.6 is 0 Å². The highest BCUT2D eigenvalue weighted by Crippen LogP contribution is 2.39. The van der Waals surface area contributed by atoms with Crippen molar-refractivity contribution in [1.29, 1.82) is 0 Å². The van der Waals surface area contributed by atoms with E-state index in [0.29, 0.717) is 41.0 Å². The van der Waals surface area contributed by atoms with E-state index in [0.717, 1.165) is 17.6 Å². The molecule has 0 saturated carbocycles. The number of hydrogen-bond acceptors (Lipinski definition) is 11. The minimum atomic E-state index is -0.406. The SMILES string of the molecule is COc1cc(N(C)CCN(C)C)c([N+](=O)[O-])cc1Nc1nccc(-c2cnc3nc(OC)n(C(C)C)c3c2)n1. The monoisotopic (exact) mass is 535 g/mol. The maximum atomic E-state index is 12.0. The number of likely N-dealkylation sites (N-methyl/N-ethyl adjacent to an activating group) is 2. The summed E-state index contributed by atoms with van der Waals surface area (Å²) in [5.74, 6) is 0.682. The maximum absolute atomic E-state index is 12.0. The lowest BCUT2D eigenvalue weighted by atomic mass is 10.2. The molecule has 13 heteroatoms. The Balaban J connectivity index is 1.69. The molecule has 0 spiro atoms. The molecule has 206 valence electrons. The number of nitro groups is 1. The third-order valence-electron chi connectivity index (χ3n) is 6.20. The number of fused-ring (bicyclic) bond motifs is 1. The molecule has 0 fully saturated rings. The van der Waals surface area contributed by atoms with Crippen molar-refractivity contribution < 1.29 is 14.4 Å². The average molecular weight is 536 g/mol. The lowest BCUT2D eigenvalue weighted by Crippen LogP contribution is -2.28. The van der Waals surface area contributed by atoms with Gasteiger partial charge in [-0.05, 0) is 40.1 Å². The van der Waals surface area contributed by atoms with Gasteiger partial charge in [0.05, 0.1) is 36.0 Å². The van der Waals surface area contributed by atoms with Crippen LogP contribution in [0.5, 0.6) is 11.8 Å². The first-order valence-electron chi connectivity index (χ1n) is 12.4. The number of imidazole rings is 1. The van der Waals surface area contributed by atoms with Gasteiger partial charge in [0.15, 0.2) is 5.65 Å². The van der Waals surface area contributed by atoms with Crippen LogP contribution < -0.4 is 19.7 Å². The van der Waals surface area contributed by atoms with Crippen LogP contribution in [0.2, 0.25) is 0 Å². The van der Waals surface area contributed by atoms with Crippen molar-refractivity contribution in [2.75, 3.05) is 58.7 Å². The lowest BCUT2D eigenvalue weighted by Gasteiger charge is -2.22. The van der Waals surface area contributed by atoms with E-state index in [2.05, 4.69) is 25.3 Å². The van der Waals surface area contributed by atoms with E-state index in [1.807, 2.05) is 55.4 Å². The molecule has 0 aliphatic heterocycles. The van der Waals surface area contributed by atoms with Crippen LogP contribution in [0.3, 0.4) is 0 Å². The zero-order chi connectivity index (χ0) is 28.3. The smallest absolute Gasteiger partial charge is 0.298 e. The summed E-state index contributed by atoms with van der Waals surface area (Å²) in [4.78, 5) is 33.3. The van der Waals surface area contributed by atoms with Gasteiger partial charge in [0.25, 0.3) is 11.7 Å². The highest BCUT2D eigenvalue weighted by atomic mass is 16.6. The molecule has 4 aromatic rings. The third-order valence-corrected chi connectivity index (χ3v) is 6.20. The van der Waals surface area contributed by atoms with Gasteiger partial charge in [-0.2, -0.15) is 4.98 Å². The average Bonchev–Trinajstić information content (AvgIpc) is 3.29. The van der Waals surface area contributed by atoms with Crippen molar-refractivity contribution >= 4 is 34.2 Å². The number of nitro benzene ring substituents is 1. The van der Waals surface area contributed by atoms with E-state index >= 15 is 0 Å². The molecular weight excluding hydrogens is 502 g/mol. The van der Waals surface area contributed by atoms with Crippen molar-refractivity contribution in [2.45, 2.75) is 19.9 Å². The van der Waals surface area contributed by atoms with E-state index in [1.165, 1.54) is 13.2 Å². The molecule has 0 aliphatic carbocycles. The van der Waals surface area contributed by atoms with Crippen LogP contribution in [-0.4, -0.2) is 82.8 Å². The number of nitrogens with one attached hydrogen (secondary N) is 1. The van der Waals surface area contributed by atoms with Gasteiger partial charge in [0.1, 0.15) is 11.4 Å². The molecule has 39 heavy (non-hydrogen) atoms. The summed E-state index contributed by atoms with van der Waals surface area (Å²) >= 11 is 0. The minimum Gasteiger partial charge on any atom is -0.494 e. The topological polar surface area (TPSA) is 137 Å². The van der Waals surface area contributed by atoms with Crippen molar-refractivity contribution in [1.82, 2.24) is 29.4 Å². The van der Waals surface area contributed by atoms with Crippen molar-refractivity contribution in [3.63, 3.8) is 0 Å². The first-order valence-corrected chi connectivity index (χ1v) is 12.4. The molecule has 3 heterocycles. The summed E-state index contributed by atoms with van der Waals surface area (Å²) in [6.45, 7) is 5.43. The molecule has 0 unspecified atom stereocenters. The zero-order valence-electron chi connectivity index (χ0n) is 23.2. The molecule has 0 atom stereocenters. The zero-order valence-corrected chi connectivity index (χ0v) is 23.2. The Kier molecular flexibility index (Phi) is 8.10. The normalized spacial score (nSPS) is 11.3. The van der Waals surface area contributed by atoms with Crippen molar-refractivity contribution in [3.8, 4) is 23.0 Å². The molecule has 4 rings (SSSR count). The molecule has 1 N–H and O–H groups in total. The number of ether oxygens (including phenoxy) is 2. The van der Waals surface area contributed by atoms with E-state index in [4.69, 9.17) is 9.47 Å². The number of pyridine rings is 1. The van der Waals surface area contributed by atoms with Crippen LogP contribution in [0, 0.1) is 10.1 Å². The van der Waals surface area contributed by atoms with Crippen molar-refractivity contribution in [2.24, 2.45) is 0 Å². The second kappa shape index (κ2) is 11.5. The maximum Gasteiger partial charge on any atom is 0.298 e. The fourth-order valence-corrected chi connectivity index (χ4v) is 4.19. The molecule has 1 aromatic carbocycles. The number of anilines is 3. The second-order valence-electron chi connectivity index (χ2n) is 9.54. The largest absolute Gasteiger partial charge is 0.494 e. The number of rotatable bonds is 11. The molecule has 0 bridgehead atoms. The van der Waals surface area contributed by atoms with Gasteiger partial charge in [-0.15, -0.1) is 0 Å². The fraction of sp³-hybridized carbons (Fsp3) is 0.385. The summed E-state index contributed by atoms with van der Waals surface area (Å²) < 4.78 is 13.0. The van der Waals surface area contributed by atoms with Crippen LogP contribution in [0.4, 0.5) is 23.0 Å². The molecular formula is C26H33N9O4. The van der Waals surface area contributed by atoms with Crippen LogP contribution in [-0.2, 0) is 0 Å². The Morgan fingerprint density at radius 3 is 2.49 bits per heavy atom. The second-order valence-corrected chi connectivity index (χ2v) is 9.54. The molecule has 0 aliphatic rings. The molecule has 13 nitrogen and oxygen atoms in total.